The second kappa shape index (κ2) is 8.72. The van der Waals surface area contributed by atoms with Crippen LogP contribution in [-0.2, 0) is 21.9 Å². The third-order valence-corrected chi connectivity index (χ3v) is 8.86. The highest BCUT2D eigenvalue weighted by Gasteiger charge is 2.47. The molecule has 1 fully saturated rings. The van der Waals surface area contributed by atoms with Gasteiger partial charge in [0, 0.05) is 42.9 Å². The van der Waals surface area contributed by atoms with Crippen molar-refractivity contribution in [3.8, 4) is 0 Å². The molecule has 1 saturated heterocycles. The van der Waals surface area contributed by atoms with Crippen molar-refractivity contribution in [2.45, 2.75) is 56.1 Å². The van der Waals surface area contributed by atoms with E-state index in [2.05, 4.69) is 9.47 Å². The van der Waals surface area contributed by atoms with Crippen molar-refractivity contribution >= 4 is 21.5 Å². The van der Waals surface area contributed by atoms with E-state index in [9.17, 15) is 31.2 Å². The fourth-order valence-electron chi connectivity index (χ4n) is 5.17. The van der Waals surface area contributed by atoms with Crippen LogP contribution in [0, 0.1) is 5.41 Å². The minimum atomic E-state index is -5.47. The summed E-state index contributed by atoms with van der Waals surface area (Å²) in [6.45, 7) is 7.99. The van der Waals surface area contributed by atoms with Crippen LogP contribution in [0.1, 0.15) is 60.2 Å². The predicted octanol–water partition coefficient (Wildman–Crippen LogP) is 4.09. The maximum Gasteiger partial charge on any atom is 0.501 e. The number of fused-ring (bicyclic) bond motifs is 2. The molecule has 1 aromatic heterocycles. The predicted molar refractivity (Wildman–Crippen MR) is 127 cm³/mol. The molecule has 196 valence electrons. The summed E-state index contributed by atoms with van der Waals surface area (Å²) in [7, 11) is -3.43. The number of nitrogens with zero attached hydrogens (tertiary/aromatic N) is 3. The molecule has 36 heavy (non-hydrogen) atoms. The van der Waals surface area contributed by atoms with E-state index in [1.807, 2.05) is 40.0 Å². The van der Waals surface area contributed by atoms with E-state index in [1.165, 1.54) is 0 Å². The molecule has 4 rings (SSSR count). The van der Waals surface area contributed by atoms with Gasteiger partial charge in [-0.25, -0.2) is 8.42 Å². The molecule has 1 spiro atoms. The number of ketones is 1. The molecule has 0 bridgehead atoms. The van der Waals surface area contributed by atoms with Crippen molar-refractivity contribution in [2.24, 2.45) is 5.41 Å². The van der Waals surface area contributed by atoms with Crippen LogP contribution in [0.2, 0.25) is 0 Å². The molecule has 0 aliphatic carbocycles. The molecule has 2 aliphatic heterocycles. The van der Waals surface area contributed by atoms with Crippen molar-refractivity contribution in [2.75, 3.05) is 26.7 Å². The van der Waals surface area contributed by atoms with E-state index >= 15 is 0 Å². The number of alkyl halides is 3. The molecule has 11 heteroatoms. The van der Waals surface area contributed by atoms with Crippen molar-refractivity contribution < 1.29 is 31.2 Å². The molecule has 7 nitrogen and oxygen atoms in total. The van der Waals surface area contributed by atoms with Crippen LogP contribution in [0.25, 0.3) is 0 Å². The Kier molecular flexibility index (Phi) is 6.40. The van der Waals surface area contributed by atoms with Gasteiger partial charge in [-0.1, -0.05) is 20.8 Å². The van der Waals surface area contributed by atoms with Crippen molar-refractivity contribution in [1.29, 1.82) is 0 Å². The number of sulfone groups is 1. The van der Waals surface area contributed by atoms with Gasteiger partial charge < -0.3 is 9.47 Å². The van der Waals surface area contributed by atoms with Gasteiger partial charge in [0.1, 0.15) is 0 Å². The summed E-state index contributed by atoms with van der Waals surface area (Å²) in [6, 6.07) is 7.76. The number of halogens is 3. The molecule has 2 aliphatic rings. The second-order valence-corrected chi connectivity index (χ2v) is 12.5. The van der Waals surface area contributed by atoms with Crippen LogP contribution in [0.15, 0.2) is 41.3 Å². The van der Waals surface area contributed by atoms with E-state index in [1.54, 1.807) is 4.90 Å². The van der Waals surface area contributed by atoms with Crippen LogP contribution in [0.4, 0.5) is 13.2 Å². The number of Topliss-reactive ketones (excluding diaryl/α,β-unsaturated/α-hetero) is 1. The fraction of sp³-hybridized carbons (Fsp3) is 0.520. The molecule has 1 amide bonds. The second-order valence-electron chi connectivity index (χ2n) is 10.6. The Morgan fingerprint density at radius 1 is 0.889 bits per heavy atom. The van der Waals surface area contributed by atoms with Crippen LogP contribution < -0.4 is 0 Å². The van der Waals surface area contributed by atoms with Gasteiger partial charge in [-0.2, -0.15) is 13.2 Å². The summed E-state index contributed by atoms with van der Waals surface area (Å²) in [5.74, 6) is -0.282. The number of carbonyl (C=O) groups is 2. The Balaban J connectivity index is 1.53. The highest BCUT2D eigenvalue weighted by Crippen LogP contribution is 2.42. The molecule has 0 atom stereocenters. The summed E-state index contributed by atoms with van der Waals surface area (Å²) in [6.07, 6.45) is 1.26. The van der Waals surface area contributed by atoms with Gasteiger partial charge in [-0.15, -0.1) is 0 Å². The molecule has 0 saturated carbocycles. The lowest BCUT2D eigenvalue weighted by atomic mass is 9.81. The first-order chi connectivity index (χ1) is 16.6. The normalized spacial score (nSPS) is 18.8. The Hall–Kier alpha value is -2.66. The summed E-state index contributed by atoms with van der Waals surface area (Å²) in [5, 5.41) is 0. The minimum absolute atomic E-state index is 0.0806. The first-order valence-corrected chi connectivity index (χ1v) is 13.2. The monoisotopic (exact) mass is 525 g/mol. The summed E-state index contributed by atoms with van der Waals surface area (Å²) in [4.78, 5) is 29.1. The molecular weight excluding hydrogens is 495 g/mol. The van der Waals surface area contributed by atoms with Gasteiger partial charge >= 0.3 is 5.51 Å². The standard InChI is InChI=1S/C25H30F3N3O4S/c1-23(2,3)21(32)19-9-10-20-24(29(4)15-16-31(19)20)11-13-30(14-12-24)22(33)17-5-7-18(8-6-17)36(34,35)25(26,27)28/h5-10H,11-16H2,1-4H3. The average Bonchev–Trinajstić information content (AvgIpc) is 3.25. The number of hydrogen-bond acceptors (Lipinski definition) is 5. The fourth-order valence-corrected chi connectivity index (χ4v) is 5.93. The topological polar surface area (TPSA) is 79.7 Å². The first kappa shape index (κ1) is 26.4. The van der Waals surface area contributed by atoms with Gasteiger partial charge in [0.25, 0.3) is 15.7 Å². The number of piperidine rings is 1. The maximum absolute atomic E-state index is 13.1. The molecular formula is C25H30F3N3O4S. The Morgan fingerprint density at radius 3 is 2.00 bits per heavy atom. The molecule has 0 N–H and O–H groups in total. The Bertz CT molecular complexity index is 1280. The zero-order valence-corrected chi connectivity index (χ0v) is 21.5. The number of hydrogen-bond donors (Lipinski definition) is 0. The van der Waals surface area contributed by atoms with E-state index < -0.39 is 25.7 Å². The minimum Gasteiger partial charge on any atom is -0.339 e. The number of rotatable bonds is 3. The van der Waals surface area contributed by atoms with Crippen molar-refractivity contribution in [3.05, 3.63) is 53.3 Å². The Labute approximate surface area is 208 Å². The zero-order chi connectivity index (χ0) is 26.7. The summed E-state index contributed by atoms with van der Waals surface area (Å²) >= 11 is 0. The van der Waals surface area contributed by atoms with E-state index in [-0.39, 0.29) is 22.8 Å². The SMILES string of the molecule is CN1CCn2c(C(=O)C(C)(C)C)ccc2C12CCN(C(=O)c1ccc(S(=O)(=O)C(F)(F)F)cc1)CC2. The molecule has 0 radical (unpaired) electrons. The lowest BCUT2D eigenvalue weighted by Gasteiger charge is -2.50. The number of benzene rings is 1. The van der Waals surface area contributed by atoms with Gasteiger partial charge in [-0.3, -0.25) is 14.5 Å². The first-order valence-electron chi connectivity index (χ1n) is 11.8. The quantitative estimate of drug-likeness (QED) is 0.564. The van der Waals surface area contributed by atoms with Crippen LogP contribution in [-0.4, -0.2) is 66.7 Å². The summed E-state index contributed by atoms with van der Waals surface area (Å²) in [5.41, 5.74) is -4.37. The molecule has 1 aromatic carbocycles. The van der Waals surface area contributed by atoms with Crippen LogP contribution >= 0.6 is 0 Å². The van der Waals surface area contributed by atoms with Gasteiger partial charge in [0.05, 0.1) is 16.1 Å². The van der Waals surface area contributed by atoms with E-state index in [0.717, 1.165) is 36.5 Å². The van der Waals surface area contributed by atoms with Gasteiger partial charge in [-0.05, 0) is 56.3 Å². The summed E-state index contributed by atoms with van der Waals surface area (Å²) < 4.78 is 63.7. The number of likely N-dealkylation sites (N-methyl/N-ethyl adjacent to an activating group) is 1. The van der Waals surface area contributed by atoms with Crippen molar-refractivity contribution in [3.63, 3.8) is 0 Å². The van der Waals surface area contributed by atoms with Crippen LogP contribution in [0.3, 0.4) is 0 Å². The zero-order valence-electron chi connectivity index (χ0n) is 20.7. The van der Waals surface area contributed by atoms with E-state index in [0.29, 0.717) is 38.2 Å². The highest BCUT2D eigenvalue weighted by atomic mass is 32.2. The molecule has 0 unspecified atom stereocenters. The smallest absolute Gasteiger partial charge is 0.339 e. The third kappa shape index (κ3) is 4.26. The van der Waals surface area contributed by atoms with Crippen LogP contribution in [0.5, 0.6) is 0 Å². The number of amides is 1. The maximum atomic E-state index is 13.1. The number of carbonyl (C=O) groups excluding carboxylic acids is 2. The molecule has 2 aromatic rings. The largest absolute Gasteiger partial charge is 0.501 e. The van der Waals surface area contributed by atoms with Gasteiger partial charge in [0.15, 0.2) is 5.78 Å². The molecule has 3 heterocycles. The number of aromatic nitrogens is 1. The lowest BCUT2D eigenvalue weighted by Crippen LogP contribution is -2.56. The highest BCUT2D eigenvalue weighted by molar-refractivity contribution is 7.92. The Morgan fingerprint density at radius 2 is 1.47 bits per heavy atom. The lowest BCUT2D eigenvalue weighted by molar-refractivity contribution is -0.0436. The van der Waals surface area contributed by atoms with E-state index in [4.69, 9.17) is 0 Å². The third-order valence-electron chi connectivity index (χ3n) is 7.36. The average molecular weight is 526 g/mol. The van der Waals surface area contributed by atoms with Crippen molar-refractivity contribution in [1.82, 2.24) is 14.4 Å². The van der Waals surface area contributed by atoms with Gasteiger partial charge in [0.2, 0.25) is 0 Å². The number of likely N-dealkylation sites (tertiary alicyclic amines) is 1.